The van der Waals surface area contributed by atoms with E-state index in [9.17, 15) is 14.7 Å². The number of nitrogens with zero attached hydrogens (tertiary/aromatic N) is 4. The van der Waals surface area contributed by atoms with Gasteiger partial charge in [0.2, 0.25) is 10.9 Å². The quantitative estimate of drug-likeness (QED) is 0.114. The van der Waals surface area contributed by atoms with Crippen LogP contribution < -0.4 is 9.80 Å². The number of rotatable bonds is 8. The largest absolute Gasteiger partial charge is 0.503 e. The van der Waals surface area contributed by atoms with Crippen molar-refractivity contribution < 1.29 is 19.1 Å². The third-order valence-electron chi connectivity index (χ3n) is 6.74. The van der Waals surface area contributed by atoms with Crippen molar-refractivity contribution in [3.8, 4) is 0 Å². The van der Waals surface area contributed by atoms with Crippen LogP contribution in [0.1, 0.15) is 27.7 Å². The zero-order chi connectivity index (χ0) is 28.7. The molecule has 1 N–H and O–H groups in total. The van der Waals surface area contributed by atoms with Gasteiger partial charge in [-0.3, -0.25) is 14.5 Å². The molecule has 6 rings (SSSR count). The highest BCUT2D eigenvalue weighted by molar-refractivity contribution is 8.00. The van der Waals surface area contributed by atoms with Crippen molar-refractivity contribution in [3.05, 3.63) is 112 Å². The second-order valence-electron chi connectivity index (χ2n) is 9.53. The molecule has 0 spiro atoms. The molecule has 0 fully saturated rings. The minimum absolute atomic E-state index is 0.0329. The Bertz CT molecular complexity index is 1780. The number of Topliss-reactive ketones (excluding diaryl/α,β-unsaturated/α-hetero) is 1. The first-order chi connectivity index (χ1) is 19.8. The van der Waals surface area contributed by atoms with Crippen LogP contribution in [0.15, 0.2) is 99.0 Å². The van der Waals surface area contributed by atoms with Gasteiger partial charge in [0, 0.05) is 35.9 Å². The number of aliphatic hydroxyl groups is 1. The zero-order valence-corrected chi connectivity index (χ0v) is 24.3. The lowest BCUT2D eigenvalue weighted by molar-refractivity contribution is -0.117. The first kappa shape index (κ1) is 27.1. The topological polar surface area (TPSA) is 99.8 Å². The van der Waals surface area contributed by atoms with Crippen LogP contribution in [0.3, 0.4) is 0 Å². The number of fused-ring (bicyclic) bond motifs is 1. The highest BCUT2D eigenvalue weighted by Crippen LogP contribution is 2.44. The predicted octanol–water partition coefficient (Wildman–Crippen LogP) is 7.08. The Balaban J connectivity index is 1.37. The van der Waals surface area contributed by atoms with Crippen molar-refractivity contribution in [3.63, 3.8) is 0 Å². The van der Waals surface area contributed by atoms with E-state index in [-0.39, 0.29) is 16.5 Å². The van der Waals surface area contributed by atoms with E-state index in [0.29, 0.717) is 26.3 Å². The van der Waals surface area contributed by atoms with Crippen LogP contribution in [0.5, 0.6) is 0 Å². The minimum atomic E-state index is -0.936. The van der Waals surface area contributed by atoms with Crippen LogP contribution in [-0.4, -0.2) is 41.1 Å². The molecule has 0 saturated heterocycles. The van der Waals surface area contributed by atoms with Crippen LogP contribution in [0.2, 0.25) is 5.02 Å². The molecule has 1 unspecified atom stereocenters. The molecule has 11 heteroatoms. The van der Waals surface area contributed by atoms with Crippen molar-refractivity contribution in [1.29, 1.82) is 0 Å². The summed E-state index contributed by atoms with van der Waals surface area (Å²) < 4.78 is 6.44. The Kier molecular flexibility index (Phi) is 7.29. The van der Waals surface area contributed by atoms with Gasteiger partial charge in [-0.25, -0.2) is 0 Å². The number of halogens is 1. The minimum Gasteiger partial charge on any atom is -0.503 e. The van der Waals surface area contributed by atoms with Crippen LogP contribution in [0.25, 0.3) is 11.0 Å². The first-order valence-electron chi connectivity index (χ1n) is 12.6. The number of para-hydroxylation sites is 1. The molecule has 3 aromatic carbocycles. The fourth-order valence-electron chi connectivity index (χ4n) is 4.64. The molecule has 8 nitrogen and oxygen atoms in total. The van der Waals surface area contributed by atoms with Crippen LogP contribution in [0, 0.1) is 0 Å². The normalized spacial score (nSPS) is 15.2. The van der Waals surface area contributed by atoms with Crippen molar-refractivity contribution in [2.24, 2.45) is 0 Å². The number of thioether (sulfide) groups is 1. The lowest BCUT2D eigenvalue weighted by Gasteiger charge is -2.24. The Morgan fingerprint density at radius 2 is 1.80 bits per heavy atom. The van der Waals surface area contributed by atoms with Gasteiger partial charge in [0.05, 0.1) is 11.6 Å². The average molecular weight is 603 g/mol. The molecule has 0 bridgehead atoms. The van der Waals surface area contributed by atoms with E-state index in [4.69, 9.17) is 16.0 Å². The number of aromatic nitrogens is 2. The highest BCUT2D eigenvalue weighted by Gasteiger charge is 2.46. The smallest absolute Gasteiger partial charge is 0.296 e. The van der Waals surface area contributed by atoms with Crippen molar-refractivity contribution >= 4 is 68.2 Å². The summed E-state index contributed by atoms with van der Waals surface area (Å²) in [5.41, 5.74) is 2.98. The Hall–Kier alpha value is -4.12. The monoisotopic (exact) mass is 602 g/mol. The maximum Gasteiger partial charge on any atom is 0.296 e. The van der Waals surface area contributed by atoms with Crippen molar-refractivity contribution in [1.82, 2.24) is 10.2 Å². The maximum absolute atomic E-state index is 13.9. The molecule has 1 amide bonds. The third kappa shape index (κ3) is 5.10. The van der Waals surface area contributed by atoms with Crippen LogP contribution in [0.4, 0.5) is 10.8 Å². The summed E-state index contributed by atoms with van der Waals surface area (Å²) in [6, 6.07) is 22.9. The summed E-state index contributed by atoms with van der Waals surface area (Å²) in [6.45, 7) is 0. The van der Waals surface area contributed by atoms with Gasteiger partial charge in [-0.2, -0.15) is 0 Å². The van der Waals surface area contributed by atoms with E-state index in [0.717, 1.165) is 16.6 Å². The number of hydrogen-bond donors (Lipinski definition) is 1. The number of anilines is 2. The van der Waals surface area contributed by atoms with E-state index < -0.39 is 23.5 Å². The van der Waals surface area contributed by atoms with Gasteiger partial charge in [-0.15, -0.1) is 10.2 Å². The van der Waals surface area contributed by atoms with Gasteiger partial charge < -0.3 is 14.4 Å². The third-order valence-corrected chi connectivity index (χ3v) is 9.21. The number of aliphatic hydroxyl groups excluding tert-OH is 1. The van der Waals surface area contributed by atoms with Crippen LogP contribution >= 0.6 is 34.7 Å². The van der Waals surface area contributed by atoms with Crippen LogP contribution in [-0.2, 0) is 10.5 Å². The highest BCUT2D eigenvalue weighted by atomic mass is 35.5. The van der Waals surface area contributed by atoms with Gasteiger partial charge in [0.1, 0.15) is 5.58 Å². The van der Waals surface area contributed by atoms with E-state index >= 15 is 0 Å². The molecule has 3 heterocycles. The summed E-state index contributed by atoms with van der Waals surface area (Å²) in [7, 11) is 3.84. The molecule has 2 aromatic heterocycles. The molecule has 206 valence electrons. The Labute approximate surface area is 248 Å². The fourth-order valence-corrected chi connectivity index (χ4v) is 6.80. The Morgan fingerprint density at radius 1 is 1.07 bits per heavy atom. The van der Waals surface area contributed by atoms with Crippen molar-refractivity contribution in [2.75, 3.05) is 23.9 Å². The molecule has 0 radical (unpaired) electrons. The molecule has 1 atom stereocenters. The second kappa shape index (κ2) is 11.0. The predicted molar refractivity (Wildman–Crippen MR) is 162 cm³/mol. The molecular weight excluding hydrogens is 580 g/mol. The SMILES string of the molecule is CN(C)c1ccc(C2C(C(=O)c3cc4ccccc4o3)=C(O)C(=O)N2c2nnc(SCc3ccccc3Cl)s2)cc1. The molecule has 1 aliphatic heterocycles. The van der Waals surface area contributed by atoms with Gasteiger partial charge in [0.15, 0.2) is 15.9 Å². The number of furan rings is 1. The number of ketones is 1. The standard InChI is InChI=1S/C30H23ClN4O4S2/c1-34(2)20-13-11-17(12-14-20)25-24(26(36)23-15-18-7-4-6-10-22(18)39-23)27(37)28(38)35(25)29-32-33-30(41-29)40-16-19-8-3-5-9-21(19)31/h3-15,25,37H,16H2,1-2H3. The molecule has 0 aliphatic carbocycles. The maximum atomic E-state index is 13.9. The molecule has 0 saturated carbocycles. The second-order valence-corrected chi connectivity index (χ2v) is 12.1. The lowest BCUT2D eigenvalue weighted by Crippen LogP contribution is -2.31. The van der Waals surface area contributed by atoms with Gasteiger partial charge in [-0.1, -0.05) is 83.2 Å². The summed E-state index contributed by atoms with van der Waals surface area (Å²) in [5, 5.41) is 21.3. The van der Waals surface area contributed by atoms with E-state index in [1.807, 2.05) is 85.7 Å². The van der Waals surface area contributed by atoms with Gasteiger partial charge >= 0.3 is 0 Å². The number of benzene rings is 3. The number of hydrogen-bond acceptors (Lipinski definition) is 9. The number of amides is 1. The number of carbonyl (C=O) groups excluding carboxylic acids is 2. The number of carbonyl (C=O) groups is 2. The average Bonchev–Trinajstić information content (AvgIpc) is 3.69. The van der Waals surface area contributed by atoms with Crippen molar-refractivity contribution in [2.45, 2.75) is 16.1 Å². The van der Waals surface area contributed by atoms with E-state index in [2.05, 4.69) is 10.2 Å². The van der Waals surface area contributed by atoms with E-state index in [1.54, 1.807) is 12.1 Å². The first-order valence-corrected chi connectivity index (χ1v) is 14.8. The zero-order valence-electron chi connectivity index (χ0n) is 21.9. The molecular formula is C30H23ClN4O4S2. The van der Waals surface area contributed by atoms with E-state index in [1.165, 1.54) is 28.0 Å². The Morgan fingerprint density at radius 3 is 2.54 bits per heavy atom. The van der Waals surface area contributed by atoms with Gasteiger partial charge in [-0.05, 0) is 41.5 Å². The molecule has 1 aliphatic rings. The summed E-state index contributed by atoms with van der Waals surface area (Å²) in [4.78, 5) is 30.7. The van der Waals surface area contributed by atoms with Gasteiger partial charge in [0.25, 0.3) is 5.91 Å². The molecule has 5 aromatic rings. The summed E-state index contributed by atoms with van der Waals surface area (Å²) in [5.74, 6) is -1.35. The molecule has 41 heavy (non-hydrogen) atoms. The fraction of sp³-hybridized carbons (Fsp3) is 0.133. The summed E-state index contributed by atoms with van der Waals surface area (Å²) in [6.07, 6.45) is 0. The summed E-state index contributed by atoms with van der Waals surface area (Å²) >= 11 is 8.94. The lowest BCUT2D eigenvalue weighted by atomic mass is 9.95.